The molecule has 2 rings (SSSR count). The summed E-state index contributed by atoms with van der Waals surface area (Å²) in [6.45, 7) is 0. The molecule has 0 radical (unpaired) electrons. The van der Waals surface area contributed by atoms with E-state index in [9.17, 15) is 9.59 Å². The van der Waals surface area contributed by atoms with Crippen LogP contribution in [-0.4, -0.2) is 17.8 Å². The van der Waals surface area contributed by atoms with Crippen LogP contribution in [0, 0.1) is 11.8 Å². The second-order valence-electron chi connectivity index (χ2n) is 2.94. The highest BCUT2D eigenvalue weighted by Crippen LogP contribution is 2.18. The highest BCUT2D eigenvalue weighted by Gasteiger charge is 2.21. The summed E-state index contributed by atoms with van der Waals surface area (Å²) in [6.07, 6.45) is 4.95. The Kier molecular flexibility index (Phi) is 2.11. The molecule has 0 aromatic rings. The largest absolute Gasteiger partial charge is 0.290 e. The Morgan fingerprint density at radius 1 is 1.14 bits per heavy atom. The molecule has 0 atom stereocenters. The minimum absolute atomic E-state index is 0.159. The Morgan fingerprint density at radius 2 is 1.93 bits per heavy atom. The van der Waals surface area contributed by atoms with E-state index >= 15 is 0 Å². The lowest BCUT2D eigenvalue weighted by Crippen LogP contribution is -2.13. The fourth-order valence-electron chi connectivity index (χ4n) is 1.31. The van der Waals surface area contributed by atoms with Crippen molar-refractivity contribution in [2.24, 2.45) is 4.99 Å². The molecule has 0 aromatic carbocycles. The van der Waals surface area contributed by atoms with E-state index in [-0.39, 0.29) is 17.3 Å². The molecule has 0 amide bonds. The number of hydrogen-bond acceptors (Lipinski definition) is 3. The summed E-state index contributed by atoms with van der Waals surface area (Å²) in [4.78, 5) is 26.7. The van der Waals surface area contributed by atoms with E-state index in [1.165, 1.54) is 12.2 Å². The first-order valence-electron chi connectivity index (χ1n) is 4.27. The van der Waals surface area contributed by atoms with Gasteiger partial charge in [-0.05, 0) is 12.2 Å². The minimum Gasteiger partial charge on any atom is -0.290 e. The van der Waals surface area contributed by atoms with Crippen LogP contribution in [0.1, 0.15) is 12.8 Å². The van der Waals surface area contributed by atoms with Gasteiger partial charge in [-0.15, -0.1) is 0 Å². The van der Waals surface area contributed by atoms with Crippen molar-refractivity contribution in [3.63, 3.8) is 0 Å². The summed E-state index contributed by atoms with van der Waals surface area (Å²) < 4.78 is 0. The van der Waals surface area contributed by atoms with Crippen LogP contribution in [0.2, 0.25) is 0 Å². The molecule has 0 saturated heterocycles. The monoisotopic (exact) mass is 185 g/mol. The third-order valence-electron chi connectivity index (χ3n) is 2.01. The van der Waals surface area contributed by atoms with E-state index in [0.717, 1.165) is 0 Å². The number of carbonyl (C=O) groups is 2. The average Bonchev–Trinajstić information content (AvgIpc) is 2.11. The van der Waals surface area contributed by atoms with Gasteiger partial charge in [0.05, 0.1) is 0 Å². The molecule has 0 saturated carbocycles. The quantitative estimate of drug-likeness (QED) is 0.414. The molecule has 1 aliphatic carbocycles. The van der Waals surface area contributed by atoms with Crippen LogP contribution in [0.4, 0.5) is 0 Å². The van der Waals surface area contributed by atoms with E-state index in [4.69, 9.17) is 0 Å². The molecule has 0 bridgehead atoms. The molecule has 68 valence electrons. The predicted molar refractivity (Wildman–Crippen MR) is 51.7 cm³/mol. The molecule has 3 heteroatoms. The molecular weight excluding hydrogens is 178 g/mol. The van der Waals surface area contributed by atoms with Gasteiger partial charge in [0.15, 0.2) is 5.78 Å². The maximum Gasteiger partial charge on any atom is 0.204 e. The number of allylic oxidation sites excluding steroid dienone is 3. The molecule has 0 unspecified atom stereocenters. The second-order valence-corrected chi connectivity index (χ2v) is 2.94. The van der Waals surface area contributed by atoms with Crippen LogP contribution in [-0.2, 0) is 9.59 Å². The van der Waals surface area contributed by atoms with Crippen molar-refractivity contribution >= 4 is 17.8 Å². The maximum absolute atomic E-state index is 11.4. The van der Waals surface area contributed by atoms with Gasteiger partial charge < -0.3 is 0 Å². The normalized spacial score (nSPS) is 19.7. The van der Waals surface area contributed by atoms with Crippen molar-refractivity contribution in [3.8, 4) is 11.8 Å². The third-order valence-corrected chi connectivity index (χ3v) is 2.01. The standard InChI is InChI=1S/C11H7NO2/c13-9-5-6-10(14)11-8(9)4-2-1-3-7-12-11/h5-7H,3-4H2. The molecular formula is C11H7NO2. The Hall–Kier alpha value is -1.95. The molecule has 1 aliphatic heterocycles. The summed E-state index contributed by atoms with van der Waals surface area (Å²) >= 11 is 0. The predicted octanol–water partition coefficient (Wildman–Crippen LogP) is 0.816. The van der Waals surface area contributed by atoms with Gasteiger partial charge in [-0.1, -0.05) is 11.8 Å². The van der Waals surface area contributed by atoms with E-state index in [1.807, 2.05) is 0 Å². The number of rotatable bonds is 0. The van der Waals surface area contributed by atoms with Crippen molar-refractivity contribution in [2.75, 3.05) is 0 Å². The summed E-state index contributed by atoms with van der Waals surface area (Å²) in [5.74, 6) is 5.30. The summed E-state index contributed by atoms with van der Waals surface area (Å²) in [7, 11) is 0. The Morgan fingerprint density at radius 3 is 2.79 bits per heavy atom. The van der Waals surface area contributed by atoms with Gasteiger partial charge in [0.25, 0.3) is 0 Å². The molecule has 2 aliphatic rings. The van der Waals surface area contributed by atoms with Crippen molar-refractivity contribution in [1.29, 1.82) is 0 Å². The van der Waals surface area contributed by atoms with Gasteiger partial charge in [0.1, 0.15) is 5.70 Å². The fourth-order valence-corrected chi connectivity index (χ4v) is 1.31. The van der Waals surface area contributed by atoms with Gasteiger partial charge in [-0.3, -0.25) is 14.6 Å². The first-order valence-corrected chi connectivity index (χ1v) is 4.27. The number of carbonyl (C=O) groups excluding carboxylic acids is 2. The molecule has 1 heterocycles. The second kappa shape index (κ2) is 3.43. The molecule has 0 N–H and O–H groups in total. The van der Waals surface area contributed by atoms with Crippen LogP contribution >= 0.6 is 0 Å². The summed E-state index contributed by atoms with van der Waals surface area (Å²) in [5, 5.41) is 0. The van der Waals surface area contributed by atoms with E-state index in [2.05, 4.69) is 16.8 Å². The topological polar surface area (TPSA) is 46.5 Å². The first kappa shape index (κ1) is 8.64. The van der Waals surface area contributed by atoms with Crippen LogP contribution in [0.3, 0.4) is 0 Å². The summed E-state index contributed by atoms with van der Waals surface area (Å²) in [6, 6.07) is 0. The number of aliphatic imine (C=N–C) groups is 1. The van der Waals surface area contributed by atoms with Crippen molar-refractivity contribution in [3.05, 3.63) is 23.4 Å². The zero-order valence-corrected chi connectivity index (χ0v) is 7.41. The average molecular weight is 185 g/mol. The Bertz CT molecular complexity index is 455. The zero-order chi connectivity index (χ0) is 9.97. The van der Waals surface area contributed by atoms with Crippen molar-refractivity contribution in [1.82, 2.24) is 0 Å². The highest BCUT2D eigenvalue weighted by molar-refractivity contribution is 6.20. The molecule has 0 aromatic heterocycles. The zero-order valence-electron chi connectivity index (χ0n) is 7.41. The molecule has 0 spiro atoms. The lowest BCUT2D eigenvalue weighted by atomic mass is 9.97. The first-order chi connectivity index (χ1) is 6.79. The van der Waals surface area contributed by atoms with Crippen molar-refractivity contribution in [2.45, 2.75) is 12.8 Å². The van der Waals surface area contributed by atoms with Crippen LogP contribution in [0.25, 0.3) is 0 Å². The molecule has 0 fully saturated rings. The minimum atomic E-state index is -0.209. The SMILES string of the molecule is O=C1C=CC(=O)C2=C1CC#CCC=N2. The smallest absolute Gasteiger partial charge is 0.204 e. The van der Waals surface area contributed by atoms with Crippen molar-refractivity contribution < 1.29 is 9.59 Å². The van der Waals surface area contributed by atoms with Gasteiger partial charge in [0.2, 0.25) is 5.78 Å². The van der Waals surface area contributed by atoms with E-state index in [0.29, 0.717) is 18.4 Å². The van der Waals surface area contributed by atoms with E-state index in [1.54, 1.807) is 6.21 Å². The van der Waals surface area contributed by atoms with Gasteiger partial charge >= 0.3 is 0 Å². The fraction of sp³-hybridized carbons (Fsp3) is 0.182. The summed E-state index contributed by atoms with van der Waals surface area (Å²) in [5.41, 5.74) is 0.674. The van der Waals surface area contributed by atoms with E-state index < -0.39 is 0 Å². The number of nitrogens with zero attached hydrogens (tertiary/aromatic N) is 1. The third kappa shape index (κ3) is 1.42. The highest BCUT2D eigenvalue weighted by atomic mass is 16.1. The Balaban J connectivity index is 2.51. The number of ketones is 2. The van der Waals surface area contributed by atoms with Crippen LogP contribution in [0.15, 0.2) is 28.4 Å². The molecule has 14 heavy (non-hydrogen) atoms. The number of hydrogen-bond donors (Lipinski definition) is 0. The van der Waals surface area contributed by atoms with Gasteiger partial charge in [0, 0.05) is 24.6 Å². The van der Waals surface area contributed by atoms with Crippen LogP contribution < -0.4 is 0 Å². The lowest BCUT2D eigenvalue weighted by molar-refractivity contribution is -0.115. The Labute approximate surface area is 81.2 Å². The van der Waals surface area contributed by atoms with Gasteiger partial charge in [-0.2, -0.15) is 0 Å². The maximum atomic E-state index is 11.4. The lowest BCUT2D eigenvalue weighted by Gasteiger charge is -2.09. The van der Waals surface area contributed by atoms with Crippen LogP contribution in [0.5, 0.6) is 0 Å². The van der Waals surface area contributed by atoms with Gasteiger partial charge in [-0.25, -0.2) is 0 Å². The molecule has 3 nitrogen and oxygen atoms in total.